The number of anilines is 1. The lowest BCUT2D eigenvalue weighted by atomic mass is 10.1. The highest BCUT2D eigenvalue weighted by Gasteiger charge is 2.20. The van der Waals surface area contributed by atoms with Gasteiger partial charge >= 0.3 is 0 Å². The number of rotatable bonds is 5. The summed E-state index contributed by atoms with van der Waals surface area (Å²) in [6.07, 6.45) is 1.01. The van der Waals surface area contributed by atoms with Gasteiger partial charge in [0.25, 0.3) is 0 Å². The van der Waals surface area contributed by atoms with E-state index in [2.05, 4.69) is 17.6 Å². The van der Waals surface area contributed by atoms with Gasteiger partial charge in [0.05, 0.1) is 6.54 Å². The molecule has 2 rings (SSSR count). The van der Waals surface area contributed by atoms with E-state index < -0.39 is 0 Å². The summed E-state index contributed by atoms with van der Waals surface area (Å²) in [4.78, 5) is 13.4. The molecule has 1 aliphatic rings. The topological polar surface area (TPSA) is 44.4 Å². The minimum Gasteiger partial charge on any atom is -0.360 e. The summed E-state index contributed by atoms with van der Waals surface area (Å²) in [7, 11) is 0. The Morgan fingerprint density at radius 2 is 2.32 bits per heavy atom. The molecule has 0 atom stereocenters. The van der Waals surface area contributed by atoms with Gasteiger partial charge in [0.2, 0.25) is 5.91 Å². The molecular weight excluding hydrogens is 245 g/mol. The minimum absolute atomic E-state index is 0.0111. The molecule has 1 aromatic rings. The van der Waals surface area contributed by atoms with Crippen LogP contribution in [-0.2, 0) is 11.3 Å². The summed E-state index contributed by atoms with van der Waals surface area (Å²) in [6, 6.07) is 5.04. The van der Waals surface area contributed by atoms with Gasteiger partial charge in [-0.25, -0.2) is 4.39 Å². The number of carbonyl (C=O) groups excluding carboxylic acids is 1. The van der Waals surface area contributed by atoms with Crippen LogP contribution >= 0.6 is 0 Å². The van der Waals surface area contributed by atoms with Crippen molar-refractivity contribution in [2.75, 3.05) is 31.1 Å². The van der Waals surface area contributed by atoms with Gasteiger partial charge in [-0.3, -0.25) is 4.79 Å². The van der Waals surface area contributed by atoms with Crippen LogP contribution in [0.5, 0.6) is 0 Å². The van der Waals surface area contributed by atoms with Crippen molar-refractivity contribution < 1.29 is 9.18 Å². The molecule has 0 radical (unpaired) electrons. The third-order valence-electron chi connectivity index (χ3n) is 3.20. The Labute approximate surface area is 113 Å². The number of carbonyl (C=O) groups is 1. The number of nitrogens with one attached hydrogen (secondary N) is 2. The van der Waals surface area contributed by atoms with E-state index >= 15 is 0 Å². The van der Waals surface area contributed by atoms with Gasteiger partial charge in [-0.05, 0) is 25.1 Å². The predicted molar refractivity (Wildman–Crippen MR) is 73.6 cm³/mol. The van der Waals surface area contributed by atoms with E-state index in [1.165, 1.54) is 6.07 Å². The second kappa shape index (κ2) is 6.52. The molecule has 0 bridgehead atoms. The van der Waals surface area contributed by atoms with Crippen LogP contribution in [0.15, 0.2) is 18.2 Å². The molecule has 4 nitrogen and oxygen atoms in total. The molecule has 2 N–H and O–H groups in total. The van der Waals surface area contributed by atoms with E-state index in [0.29, 0.717) is 25.2 Å². The molecule has 0 aliphatic carbocycles. The number of amides is 1. The van der Waals surface area contributed by atoms with Crippen molar-refractivity contribution in [3.8, 4) is 0 Å². The molecule has 1 saturated heterocycles. The standard InChI is InChI=1S/C14H20FN3O/c1-2-6-16-9-11-12(15)4-3-5-13(11)18-8-7-17-14(19)10-18/h3-5,16H,2,6-10H2,1H3,(H,17,19). The van der Waals surface area contributed by atoms with Gasteiger partial charge in [0.15, 0.2) is 0 Å². The summed E-state index contributed by atoms with van der Waals surface area (Å²) in [5.41, 5.74) is 1.46. The minimum atomic E-state index is -0.216. The van der Waals surface area contributed by atoms with Crippen LogP contribution in [0, 0.1) is 5.82 Å². The SMILES string of the molecule is CCCNCc1c(F)cccc1N1CCNC(=O)C1. The first-order valence-electron chi connectivity index (χ1n) is 6.72. The predicted octanol–water partition coefficient (Wildman–Crippen LogP) is 1.26. The van der Waals surface area contributed by atoms with Crippen molar-refractivity contribution in [3.63, 3.8) is 0 Å². The van der Waals surface area contributed by atoms with Gasteiger partial charge in [-0.15, -0.1) is 0 Å². The van der Waals surface area contributed by atoms with E-state index in [4.69, 9.17) is 0 Å². The average molecular weight is 265 g/mol. The zero-order valence-corrected chi connectivity index (χ0v) is 11.2. The highest BCUT2D eigenvalue weighted by Crippen LogP contribution is 2.23. The number of nitrogens with zero attached hydrogens (tertiary/aromatic N) is 1. The fraction of sp³-hybridized carbons (Fsp3) is 0.500. The molecule has 0 unspecified atom stereocenters. The van der Waals surface area contributed by atoms with Crippen LogP contribution in [-0.4, -0.2) is 32.1 Å². The molecule has 1 aliphatic heterocycles. The fourth-order valence-corrected chi connectivity index (χ4v) is 2.25. The highest BCUT2D eigenvalue weighted by molar-refractivity contribution is 5.83. The van der Waals surface area contributed by atoms with E-state index in [0.717, 1.165) is 25.2 Å². The lowest BCUT2D eigenvalue weighted by molar-refractivity contribution is -0.120. The quantitative estimate of drug-likeness (QED) is 0.788. The van der Waals surface area contributed by atoms with Gasteiger partial charge in [-0.1, -0.05) is 13.0 Å². The molecule has 1 heterocycles. The maximum Gasteiger partial charge on any atom is 0.239 e. The third-order valence-corrected chi connectivity index (χ3v) is 3.20. The number of benzene rings is 1. The van der Waals surface area contributed by atoms with Crippen LogP contribution in [0.3, 0.4) is 0 Å². The summed E-state index contributed by atoms with van der Waals surface area (Å²) < 4.78 is 14.0. The van der Waals surface area contributed by atoms with Gasteiger partial charge in [-0.2, -0.15) is 0 Å². The largest absolute Gasteiger partial charge is 0.360 e. The van der Waals surface area contributed by atoms with Crippen LogP contribution < -0.4 is 15.5 Å². The van der Waals surface area contributed by atoms with Gasteiger partial charge < -0.3 is 15.5 Å². The van der Waals surface area contributed by atoms with Crippen LogP contribution in [0.2, 0.25) is 0 Å². The van der Waals surface area contributed by atoms with Crippen molar-refractivity contribution in [3.05, 3.63) is 29.6 Å². The van der Waals surface area contributed by atoms with E-state index in [9.17, 15) is 9.18 Å². The average Bonchev–Trinajstić information content (AvgIpc) is 2.41. The smallest absolute Gasteiger partial charge is 0.239 e. The molecular formula is C14H20FN3O. The van der Waals surface area contributed by atoms with Crippen LogP contribution in [0.4, 0.5) is 10.1 Å². The zero-order valence-electron chi connectivity index (χ0n) is 11.2. The number of piperazine rings is 1. The Bertz CT molecular complexity index is 450. The van der Waals surface area contributed by atoms with E-state index in [1.54, 1.807) is 6.07 Å². The number of hydrogen-bond acceptors (Lipinski definition) is 3. The lowest BCUT2D eigenvalue weighted by Crippen LogP contribution is -2.48. The Morgan fingerprint density at radius 1 is 1.47 bits per heavy atom. The summed E-state index contributed by atoms with van der Waals surface area (Å²) >= 11 is 0. The second-order valence-electron chi connectivity index (χ2n) is 4.69. The molecule has 0 spiro atoms. The normalized spacial score (nSPS) is 15.5. The van der Waals surface area contributed by atoms with E-state index in [1.807, 2.05) is 11.0 Å². The molecule has 0 saturated carbocycles. The van der Waals surface area contributed by atoms with Crippen molar-refractivity contribution in [1.29, 1.82) is 0 Å². The van der Waals surface area contributed by atoms with Crippen molar-refractivity contribution >= 4 is 11.6 Å². The Morgan fingerprint density at radius 3 is 3.05 bits per heavy atom. The Balaban J connectivity index is 2.18. The first kappa shape index (κ1) is 13.8. The van der Waals surface area contributed by atoms with Gasteiger partial charge in [0.1, 0.15) is 5.82 Å². The van der Waals surface area contributed by atoms with Crippen LogP contribution in [0.1, 0.15) is 18.9 Å². The van der Waals surface area contributed by atoms with E-state index in [-0.39, 0.29) is 11.7 Å². The third kappa shape index (κ3) is 3.44. The maximum absolute atomic E-state index is 14.0. The molecule has 5 heteroatoms. The molecule has 1 aromatic carbocycles. The molecule has 19 heavy (non-hydrogen) atoms. The summed E-state index contributed by atoms with van der Waals surface area (Å²) in [5.74, 6) is -0.227. The monoisotopic (exact) mass is 265 g/mol. The maximum atomic E-state index is 14.0. The Hall–Kier alpha value is -1.62. The number of halogens is 1. The molecule has 1 fully saturated rings. The van der Waals surface area contributed by atoms with Gasteiger partial charge in [0, 0.05) is 30.9 Å². The number of hydrogen-bond donors (Lipinski definition) is 2. The lowest BCUT2D eigenvalue weighted by Gasteiger charge is -2.30. The molecule has 0 aromatic heterocycles. The van der Waals surface area contributed by atoms with Crippen molar-refractivity contribution in [2.24, 2.45) is 0 Å². The van der Waals surface area contributed by atoms with Crippen molar-refractivity contribution in [1.82, 2.24) is 10.6 Å². The fourth-order valence-electron chi connectivity index (χ4n) is 2.25. The first-order chi connectivity index (χ1) is 9.22. The second-order valence-corrected chi connectivity index (χ2v) is 4.69. The summed E-state index contributed by atoms with van der Waals surface area (Å²) in [5, 5.41) is 5.99. The summed E-state index contributed by atoms with van der Waals surface area (Å²) in [6.45, 7) is 5.05. The zero-order chi connectivity index (χ0) is 13.7. The molecule has 104 valence electrons. The molecule has 1 amide bonds. The van der Waals surface area contributed by atoms with Crippen molar-refractivity contribution in [2.45, 2.75) is 19.9 Å². The Kier molecular flexibility index (Phi) is 4.74. The highest BCUT2D eigenvalue weighted by atomic mass is 19.1. The van der Waals surface area contributed by atoms with Crippen LogP contribution in [0.25, 0.3) is 0 Å². The first-order valence-corrected chi connectivity index (χ1v) is 6.72.